The van der Waals surface area contributed by atoms with Crippen LogP contribution in [-0.2, 0) is 10.2 Å². The first-order chi connectivity index (χ1) is 13.0. The van der Waals surface area contributed by atoms with Gasteiger partial charge in [0.25, 0.3) is 0 Å². The number of phenols is 1. The number of hydrogen-bond donors (Lipinski definition) is 4. The molecule has 4 rings (SSSR count). The van der Waals surface area contributed by atoms with Gasteiger partial charge in [0.15, 0.2) is 11.5 Å². The second-order valence-electron chi connectivity index (χ2n) is 7.08. The molecule has 0 bridgehead atoms. The number of phenolic OH excluding ortho intramolecular Hbond substituents is 1. The smallest absolute Gasteiger partial charge is 0.320 e. The summed E-state index contributed by atoms with van der Waals surface area (Å²) in [4.78, 5) is 11.5. The summed E-state index contributed by atoms with van der Waals surface area (Å²) in [6.45, 7) is 0. The molecule has 0 radical (unpaired) electrons. The van der Waals surface area contributed by atoms with E-state index in [1.165, 1.54) is 7.11 Å². The maximum atomic E-state index is 11.5. The van der Waals surface area contributed by atoms with E-state index in [2.05, 4.69) is 22.8 Å². The standard InChI is InChI=1S/C21H22N2O4/c1-27-18-11-13(8-9-17(18)24)5-4-10-21-12-16(19(25)26)23-20(21)22-15-7-3-2-6-14(15)21/h2-9,11,16,20,22-24H,10,12H2,1H3,(H,25,26)/t16-,20-,21-/m0/s1. The number of methoxy groups -OCH3 is 1. The van der Waals surface area contributed by atoms with Gasteiger partial charge >= 0.3 is 5.97 Å². The van der Waals surface area contributed by atoms with Crippen molar-refractivity contribution in [2.24, 2.45) is 0 Å². The van der Waals surface area contributed by atoms with E-state index in [0.717, 1.165) is 16.8 Å². The Labute approximate surface area is 157 Å². The highest BCUT2D eigenvalue weighted by molar-refractivity contribution is 5.76. The van der Waals surface area contributed by atoms with Crippen LogP contribution in [0.15, 0.2) is 48.5 Å². The number of para-hydroxylation sites is 1. The van der Waals surface area contributed by atoms with Gasteiger partial charge in [-0.3, -0.25) is 10.1 Å². The number of carboxylic acid groups (broad SMARTS) is 1. The van der Waals surface area contributed by atoms with Gasteiger partial charge in [-0.15, -0.1) is 0 Å². The van der Waals surface area contributed by atoms with Gasteiger partial charge in [-0.1, -0.05) is 36.4 Å². The molecule has 2 aromatic rings. The molecule has 6 heteroatoms. The normalized spacial score (nSPS) is 25.8. The van der Waals surface area contributed by atoms with Crippen LogP contribution in [0.1, 0.15) is 24.0 Å². The van der Waals surface area contributed by atoms with Gasteiger partial charge in [0.2, 0.25) is 0 Å². The summed E-state index contributed by atoms with van der Waals surface area (Å²) in [7, 11) is 1.52. The van der Waals surface area contributed by atoms with Gasteiger partial charge in [-0.25, -0.2) is 0 Å². The predicted octanol–water partition coefficient (Wildman–Crippen LogP) is 2.94. The second-order valence-corrected chi connectivity index (χ2v) is 7.08. The summed E-state index contributed by atoms with van der Waals surface area (Å²) in [5, 5.41) is 25.8. The maximum Gasteiger partial charge on any atom is 0.320 e. The van der Waals surface area contributed by atoms with Crippen molar-refractivity contribution in [1.82, 2.24) is 5.32 Å². The number of carboxylic acids is 1. The van der Waals surface area contributed by atoms with E-state index < -0.39 is 12.0 Å². The van der Waals surface area contributed by atoms with Crippen LogP contribution in [0, 0.1) is 0 Å². The summed E-state index contributed by atoms with van der Waals surface area (Å²) >= 11 is 0. The van der Waals surface area contributed by atoms with E-state index >= 15 is 0 Å². The predicted molar refractivity (Wildman–Crippen MR) is 103 cm³/mol. The van der Waals surface area contributed by atoms with E-state index in [4.69, 9.17) is 4.74 Å². The zero-order valence-corrected chi connectivity index (χ0v) is 15.0. The lowest BCUT2D eigenvalue weighted by Gasteiger charge is -2.27. The number of aliphatic carboxylic acids is 1. The highest BCUT2D eigenvalue weighted by Crippen LogP contribution is 2.49. The first kappa shape index (κ1) is 17.4. The van der Waals surface area contributed by atoms with Crippen molar-refractivity contribution in [2.75, 3.05) is 12.4 Å². The summed E-state index contributed by atoms with van der Waals surface area (Å²) in [6.07, 6.45) is 5.15. The lowest BCUT2D eigenvalue weighted by Crippen LogP contribution is -2.42. The lowest BCUT2D eigenvalue weighted by atomic mass is 9.75. The third kappa shape index (κ3) is 2.92. The molecule has 140 valence electrons. The molecule has 3 atom stereocenters. The fourth-order valence-electron chi connectivity index (χ4n) is 4.22. The molecule has 2 aliphatic rings. The van der Waals surface area contributed by atoms with Crippen molar-refractivity contribution >= 4 is 17.7 Å². The lowest BCUT2D eigenvalue weighted by molar-refractivity contribution is -0.139. The second kappa shape index (κ2) is 6.63. The number of fused-ring (bicyclic) bond motifs is 3. The molecular weight excluding hydrogens is 344 g/mol. The molecule has 4 N–H and O–H groups in total. The van der Waals surface area contributed by atoms with Crippen LogP contribution in [0.25, 0.3) is 6.08 Å². The number of anilines is 1. The third-order valence-electron chi connectivity index (χ3n) is 5.55. The fraction of sp³-hybridized carbons (Fsp3) is 0.286. The molecule has 0 unspecified atom stereocenters. The average Bonchev–Trinajstić information content (AvgIpc) is 3.16. The Morgan fingerprint density at radius 1 is 1.33 bits per heavy atom. The monoisotopic (exact) mass is 366 g/mol. The van der Waals surface area contributed by atoms with Gasteiger partial charge in [-0.05, 0) is 42.2 Å². The number of allylic oxidation sites excluding steroid dienone is 1. The number of nitrogens with one attached hydrogen (secondary N) is 2. The first-order valence-corrected chi connectivity index (χ1v) is 8.92. The maximum absolute atomic E-state index is 11.5. The number of carbonyl (C=O) groups is 1. The molecule has 2 aliphatic heterocycles. The molecule has 1 fully saturated rings. The van der Waals surface area contributed by atoms with Crippen LogP contribution >= 0.6 is 0 Å². The molecule has 27 heavy (non-hydrogen) atoms. The minimum absolute atomic E-state index is 0.103. The fourth-order valence-corrected chi connectivity index (χ4v) is 4.22. The molecule has 2 heterocycles. The van der Waals surface area contributed by atoms with Crippen molar-refractivity contribution in [3.05, 3.63) is 59.7 Å². The molecule has 0 spiro atoms. The van der Waals surface area contributed by atoms with Crippen molar-refractivity contribution in [1.29, 1.82) is 0 Å². The molecular formula is C21H22N2O4. The minimum Gasteiger partial charge on any atom is -0.504 e. The molecule has 2 aromatic carbocycles. The van der Waals surface area contributed by atoms with Crippen LogP contribution in [-0.4, -0.2) is 35.5 Å². The Morgan fingerprint density at radius 3 is 2.93 bits per heavy atom. The number of ether oxygens (including phenoxy) is 1. The van der Waals surface area contributed by atoms with Gasteiger partial charge in [0, 0.05) is 11.1 Å². The zero-order valence-electron chi connectivity index (χ0n) is 15.0. The van der Waals surface area contributed by atoms with E-state index in [1.54, 1.807) is 12.1 Å². The van der Waals surface area contributed by atoms with Gasteiger partial charge in [-0.2, -0.15) is 0 Å². The molecule has 6 nitrogen and oxygen atoms in total. The largest absolute Gasteiger partial charge is 0.504 e. The van der Waals surface area contributed by atoms with Crippen LogP contribution in [0.4, 0.5) is 5.69 Å². The zero-order chi connectivity index (χ0) is 19.0. The van der Waals surface area contributed by atoms with Crippen LogP contribution in [0.5, 0.6) is 11.5 Å². The summed E-state index contributed by atoms with van der Waals surface area (Å²) in [5.41, 5.74) is 2.81. The van der Waals surface area contributed by atoms with Gasteiger partial charge < -0.3 is 20.3 Å². The quantitative estimate of drug-likeness (QED) is 0.650. The molecule has 0 aromatic heterocycles. The molecule has 0 amide bonds. The number of hydrogen-bond acceptors (Lipinski definition) is 5. The first-order valence-electron chi connectivity index (χ1n) is 8.92. The van der Waals surface area contributed by atoms with Gasteiger partial charge in [0.05, 0.1) is 13.3 Å². The highest BCUT2D eigenvalue weighted by Gasteiger charge is 2.54. The Balaban J connectivity index is 1.62. The molecule has 0 saturated carbocycles. The number of rotatable bonds is 5. The van der Waals surface area contributed by atoms with E-state index in [-0.39, 0.29) is 17.3 Å². The topological polar surface area (TPSA) is 90.8 Å². The van der Waals surface area contributed by atoms with Crippen molar-refractivity contribution in [3.63, 3.8) is 0 Å². The Hall–Kier alpha value is -2.99. The van der Waals surface area contributed by atoms with Crippen LogP contribution in [0.3, 0.4) is 0 Å². The molecule has 1 saturated heterocycles. The number of benzene rings is 2. The Morgan fingerprint density at radius 2 is 2.15 bits per heavy atom. The van der Waals surface area contributed by atoms with E-state index in [1.807, 2.05) is 30.3 Å². The minimum atomic E-state index is -0.824. The van der Waals surface area contributed by atoms with Crippen molar-refractivity contribution in [2.45, 2.75) is 30.5 Å². The van der Waals surface area contributed by atoms with Crippen molar-refractivity contribution in [3.8, 4) is 11.5 Å². The van der Waals surface area contributed by atoms with E-state index in [0.29, 0.717) is 18.6 Å². The van der Waals surface area contributed by atoms with Crippen molar-refractivity contribution < 1.29 is 19.7 Å². The van der Waals surface area contributed by atoms with Crippen LogP contribution in [0.2, 0.25) is 0 Å². The molecule has 0 aliphatic carbocycles. The highest BCUT2D eigenvalue weighted by atomic mass is 16.5. The summed E-state index contributed by atoms with van der Waals surface area (Å²) in [6, 6.07) is 12.7. The number of aromatic hydroxyl groups is 1. The van der Waals surface area contributed by atoms with Gasteiger partial charge in [0.1, 0.15) is 6.04 Å². The van der Waals surface area contributed by atoms with Crippen LogP contribution < -0.4 is 15.4 Å². The third-order valence-corrected chi connectivity index (χ3v) is 5.55. The Kier molecular flexibility index (Phi) is 4.28. The average molecular weight is 366 g/mol. The summed E-state index contributed by atoms with van der Waals surface area (Å²) in [5.74, 6) is -0.295. The van der Waals surface area contributed by atoms with E-state index in [9.17, 15) is 15.0 Å². The SMILES string of the molecule is COc1cc(C=CC[C@@]23C[C@@H](C(=O)O)N[C@@H]2Nc2ccccc23)ccc1O. The Bertz CT molecular complexity index is 911. The summed E-state index contributed by atoms with van der Waals surface area (Å²) < 4.78 is 5.15.